The predicted molar refractivity (Wildman–Crippen MR) is 74.6 cm³/mol. The molecule has 0 unspecified atom stereocenters. The largest absolute Gasteiger partial charge is 0.392 e. The maximum Gasteiger partial charge on any atom is 0.134 e. The molecular formula is C13H17BrN2O2. The zero-order valence-electron chi connectivity index (χ0n) is 10.4. The monoisotopic (exact) mass is 312 g/mol. The molecule has 0 atom stereocenters. The van der Waals surface area contributed by atoms with Gasteiger partial charge in [0.2, 0.25) is 0 Å². The van der Waals surface area contributed by atoms with Crippen molar-refractivity contribution in [1.82, 2.24) is 4.98 Å². The maximum atomic E-state index is 9.39. The van der Waals surface area contributed by atoms with Crippen molar-refractivity contribution in [1.29, 1.82) is 0 Å². The molecule has 0 amide bonds. The van der Waals surface area contributed by atoms with E-state index in [9.17, 15) is 5.11 Å². The lowest BCUT2D eigenvalue weighted by Gasteiger charge is -2.28. The van der Waals surface area contributed by atoms with Crippen LogP contribution < -0.4 is 4.90 Å². The number of aliphatic hydroxyl groups excluding tert-OH is 1. The van der Waals surface area contributed by atoms with Gasteiger partial charge in [-0.1, -0.05) is 6.08 Å². The number of ether oxygens (including phenoxy) is 1. The molecule has 4 nitrogen and oxygen atoms in total. The average Bonchev–Trinajstić information content (AvgIpc) is 2.40. The molecule has 2 rings (SSSR count). The van der Waals surface area contributed by atoms with Crippen molar-refractivity contribution < 1.29 is 9.84 Å². The van der Waals surface area contributed by atoms with Crippen LogP contribution in [0.25, 0.3) is 0 Å². The molecule has 1 aromatic heterocycles. The molecule has 98 valence electrons. The Hall–Kier alpha value is -0.910. The van der Waals surface area contributed by atoms with E-state index < -0.39 is 0 Å². The lowest BCUT2D eigenvalue weighted by molar-refractivity contribution is 0.222. The Labute approximate surface area is 115 Å². The molecule has 1 aliphatic rings. The Bertz CT molecular complexity index is 449. The van der Waals surface area contributed by atoms with Crippen LogP contribution in [-0.2, 0) is 11.3 Å². The van der Waals surface area contributed by atoms with Crippen LogP contribution in [0.2, 0.25) is 0 Å². The summed E-state index contributed by atoms with van der Waals surface area (Å²) in [5.41, 5.74) is 2.18. The molecule has 1 N–H and O–H groups in total. The van der Waals surface area contributed by atoms with E-state index in [0.29, 0.717) is 6.61 Å². The molecule has 0 aliphatic carbocycles. The molecule has 1 aliphatic heterocycles. The van der Waals surface area contributed by atoms with Gasteiger partial charge in [-0.15, -0.1) is 0 Å². The first-order chi connectivity index (χ1) is 8.74. The summed E-state index contributed by atoms with van der Waals surface area (Å²) >= 11 is 3.37. The Balaban J connectivity index is 2.14. The van der Waals surface area contributed by atoms with E-state index in [-0.39, 0.29) is 6.61 Å². The predicted octanol–water partition coefficient (Wildman–Crippen LogP) is 2.12. The average molecular weight is 313 g/mol. The van der Waals surface area contributed by atoms with Crippen LogP contribution in [0.3, 0.4) is 0 Å². The summed E-state index contributed by atoms with van der Waals surface area (Å²) in [5.74, 6) is 0.869. The fourth-order valence-corrected chi connectivity index (χ4v) is 2.47. The van der Waals surface area contributed by atoms with Crippen molar-refractivity contribution in [3.05, 3.63) is 33.9 Å². The third kappa shape index (κ3) is 3.10. The fraction of sp³-hybridized carbons (Fsp3) is 0.462. The first-order valence-electron chi connectivity index (χ1n) is 5.91. The summed E-state index contributed by atoms with van der Waals surface area (Å²) in [5, 5.41) is 9.39. The van der Waals surface area contributed by atoms with Crippen molar-refractivity contribution in [3.63, 3.8) is 0 Å². The van der Waals surface area contributed by atoms with E-state index in [2.05, 4.69) is 31.9 Å². The summed E-state index contributed by atoms with van der Waals surface area (Å²) in [4.78, 5) is 6.58. The van der Waals surface area contributed by atoms with Gasteiger partial charge in [0, 0.05) is 36.4 Å². The molecule has 0 fully saturated rings. The molecular weight excluding hydrogens is 296 g/mol. The lowest BCUT2D eigenvalue weighted by Crippen LogP contribution is -2.31. The number of hydrogen-bond acceptors (Lipinski definition) is 4. The van der Waals surface area contributed by atoms with Crippen molar-refractivity contribution >= 4 is 21.7 Å². The van der Waals surface area contributed by atoms with Crippen LogP contribution in [-0.4, -0.2) is 36.9 Å². The van der Waals surface area contributed by atoms with Gasteiger partial charge in [0.05, 0.1) is 13.2 Å². The Kier molecular flexibility index (Phi) is 4.74. The van der Waals surface area contributed by atoms with E-state index in [1.807, 2.05) is 6.07 Å². The van der Waals surface area contributed by atoms with Crippen LogP contribution in [0.15, 0.2) is 28.4 Å². The van der Waals surface area contributed by atoms with Crippen LogP contribution in [0.1, 0.15) is 12.0 Å². The summed E-state index contributed by atoms with van der Waals surface area (Å²) in [6, 6.07) is 1.91. The zero-order valence-corrected chi connectivity index (χ0v) is 12.0. The Morgan fingerprint density at radius 1 is 1.56 bits per heavy atom. The molecule has 18 heavy (non-hydrogen) atoms. The van der Waals surface area contributed by atoms with E-state index in [4.69, 9.17) is 4.74 Å². The first kappa shape index (κ1) is 13.5. The van der Waals surface area contributed by atoms with Crippen molar-refractivity contribution in [2.45, 2.75) is 13.0 Å². The minimum atomic E-state index is 0.00686. The van der Waals surface area contributed by atoms with Crippen LogP contribution in [0.4, 0.5) is 5.82 Å². The molecule has 0 radical (unpaired) electrons. The maximum absolute atomic E-state index is 9.39. The third-order valence-corrected chi connectivity index (χ3v) is 3.45. The van der Waals surface area contributed by atoms with Gasteiger partial charge in [-0.25, -0.2) is 4.98 Å². The fourth-order valence-electron chi connectivity index (χ4n) is 2.10. The first-order valence-corrected chi connectivity index (χ1v) is 6.71. The summed E-state index contributed by atoms with van der Waals surface area (Å²) in [6.07, 6.45) is 4.93. The zero-order chi connectivity index (χ0) is 13.0. The number of aliphatic hydroxyl groups is 1. The molecule has 0 spiro atoms. The van der Waals surface area contributed by atoms with Crippen LogP contribution in [0.5, 0.6) is 0 Å². The van der Waals surface area contributed by atoms with E-state index in [0.717, 1.165) is 35.4 Å². The molecule has 0 saturated carbocycles. The Morgan fingerprint density at radius 2 is 2.39 bits per heavy atom. The summed E-state index contributed by atoms with van der Waals surface area (Å²) in [6.45, 7) is 2.44. The van der Waals surface area contributed by atoms with Gasteiger partial charge in [-0.05, 0) is 34.0 Å². The van der Waals surface area contributed by atoms with Gasteiger partial charge in [0.1, 0.15) is 5.82 Å². The molecule has 5 heteroatoms. The second-order valence-corrected chi connectivity index (χ2v) is 5.20. The number of rotatable bonds is 4. The highest BCUT2D eigenvalue weighted by Gasteiger charge is 2.16. The second-order valence-electron chi connectivity index (χ2n) is 4.29. The molecule has 2 heterocycles. The van der Waals surface area contributed by atoms with E-state index in [1.165, 1.54) is 5.57 Å². The standard InChI is InChI=1S/C13H17BrN2O2/c1-18-9-10-2-4-16(5-3-10)13-11(8-17)6-12(14)7-15-13/h2,6-7,17H,3-5,8-9H2,1H3. The van der Waals surface area contributed by atoms with Crippen molar-refractivity contribution in [2.75, 3.05) is 31.7 Å². The minimum Gasteiger partial charge on any atom is -0.392 e. The van der Waals surface area contributed by atoms with E-state index >= 15 is 0 Å². The van der Waals surface area contributed by atoms with Crippen LogP contribution in [0, 0.1) is 0 Å². The molecule has 0 bridgehead atoms. The van der Waals surface area contributed by atoms with E-state index in [1.54, 1.807) is 13.3 Å². The number of nitrogens with zero attached hydrogens (tertiary/aromatic N) is 2. The number of halogens is 1. The number of aromatic nitrogens is 1. The number of methoxy groups -OCH3 is 1. The second kappa shape index (κ2) is 6.31. The highest BCUT2D eigenvalue weighted by molar-refractivity contribution is 9.10. The SMILES string of the molecule is COCC1=CCN(c2ncc(Br)cc2CO)CC1. The van der Waals surface area contributed by atoms with Gasteiger partial charge < -0.3 is 14.7 Å². The summed E-state index contributed by atoms with van der Waals surface area (Å²) in [7, 11) is 1.72. The highest BCUT2D eigenvalue weighted by Crippen LogP contribution is 2.24. The highest BCUT2D eigenvalue weighted by atomic mass is 79.9. The molecule has 0 aromatic carbocycles. The minimum absolute atomic E-state index is 0.00686. The van der Waals surface area contributed by atoms with Gasteiger partial charge >= 0.3 is 0 Å². The third-order valence-electron chi connectivity index (χ3n) is 3.01. The smallest absolute Gasteiger partial charge is 0.134 e. The lowest BCUT2D eigenvalue weighted by atomic mass is 10.1. The topological polar surface area (TPSA) is 45.6 Å². The molecule has 0 saturated heterocycles. The van der Waals surface area contributed by atoms with Crippen LogP contribution >= 0.6 is 15.9 Å². The number of pyridine rings is 1. The van der Waals surface area contributed by atoms with Crippen molar-refractivity contribution in [2.24, 2.45) is 0 Å². The normalized spacial score (nSPS) is 15.7. The van der Waals surface area contributed by atoms with Gasteiger partial charge in [0.15, 0.2) is 0 Å². The summed E-state index contributed by atoms with van der Waals surface area (Å²) < 4.78 is 6.03. The number of anilines is 1. The van der Waals surface area contributed by atoms with Gasteiger partial charge in [-0.2, -0.15) is 0 Å². The number of hydrogen-bond donors (Lipinski definition) is 1. The van der Waals surface area contributed by atoms with Gasteiger partial charge in [0.25, 0.3) is 0 Å². The molecule has 1 aromatic rings. The quantitative estimate of drug-likeness (QED) is 0.865. The van der Waals surface area contributed by atoms with Crippen molar-refractivity contribution in [3.8, 4) is 0 Å². The van der Waals surface area contributed by atoms with Gasteiger partial charge in [-0.3, -0.25) is 0 Å². The Morgan fingerprint density at radius 3 is 3.00 bits per heavy atom.